The fraction of sp³-hybridized carbons (Fsp3) is 0.333. The van der Waals surface area contributed by atoms with Crippen molar-refractivity contribution in [1.82, 2.24) is 28.8 Å². The van der Waals surface area contributed by atoms with Crippen molar-refractivity contribution in [3.05, 3.63) is 40.3 Å². The Bertz CT molecular complexity index is 1230. The smallest absolute Gasteiger partial charge is 0.387 e. The molecule has 5 atom stereocenters. The van der Waals surface area contributed by atoms with E-state index in [4.69, 9.17) is 21.4 Å². The fourth-order valence-corrected chi connectivity index (χ4v) is 4.18. The minimum atomic E-state index is -4.15. The third kappa shape index (κ3) is 3.19. The number of hydrogen-bond acceptors (Lipinski definition) is 10. The lowest BCUT2D eigenvalue weighted by Crippen LogP contribution is -2.27. The number of terminal acetylenes is 1. The number of nitrogens with two attached hydrogens (primary N) is 1. The number of nitrogen functional groups attached to an aromatic ring is 1. The highest BCUT2D eigenvalue weighted by molar-refractivity contribution is 7.55. The van der Waals surface area contributed by atoms with Gasteiger partial charge in [0.05, 0.1) is 18.9 Å². The van der Waals surface area contributed by atoms with E-state index in [-0.39, 0.29) is 17.1 Å². The Hall–Kier alpha value is -3.37. The molecule has 1 unspecified atom stereocenters. The van der Waals surface area contributed by atoms with Gasteiger partial charge >= 0.3 is 7.67 Å². The fourth-order valence-electron chi connectivity index (χ4n) is 3.15. The topological polar surface area (TPSA) is 193 Å². The van der Waals surface area contributed by atoms with Crippen LogP contribution in [0.4, 0.5) is 5.95 Å². The highest BCUT2D eigenvalue weighted by Crippen LogP contribution is 2.50. The third-order valence-electron chi connectivity index (χ3n) is 4.58. The van der Waals surface area contributed by atoms with Crippen LogP contribution < -0.4 is 11.3 Å². The molecule has 0 aromatic carbocycles. The first-order valence-corrected chi connectivity index (χ1v) is 10.0. The summed E-state index contributed by atoms with van der Waals surface area (Å²) in [5.74, 6) is 1.36. The van der Waals surface area contributed by atoms with Crippen molar-refractivity contribution < 1.29 is 18.9 Å². The number of nitrogens with zero attached hydrogens (tertiary/aromatic N) is 6. The zero-order valence-electron chi connectivity index (χ0n) is 15.1. The van der Waals surface area contributed by atoms with Crippen molar-refractivity contribution in [2.45, 2.75) is 18.4 Å². The van der Waals surface area contributed by atoms with Gasteiger partial charge in [0, 0.05) is 17.3 Å². The SMILES string of the molecule is C#C[C@H]1[C@@H](O)[C@H](n2cnc3c(=O)[nH]c(N)nc32)O[C@@H]1COP(=O)(N=O)n1ccnc1. The number of rotatable bonds is 6. The molecular formula is C15H15N8O6P. The van der Waals surface area contributed by atoms with Gasteiger partial charge in [-0.25, -0.2) is 18.9 Å². The first-order chi connectivity index (χ1) is 14.4. The molecule has 1 aliphatic heterocycles. The Balaban J connectivity index is 1.61. The minimum Gasteiger partial charge on any atom is -0.387 e. The molecule has 1 saturated heterocycles. The lowest BCUT2D eigenvalue weighted by Gasteiger charge is -2.17. The monoisotopic (exact) mass is 434 g/mol. The molecule has 0 spiro atoms. The molecule has 0 bridgehead atoms. The highest BCUT2D eigenvalue weighted by atomic mass is 31.2. The number of aromatic nitrogens is 6. The van der Waals surface area contributed by atoms with Crippen LogP contribution in [-0.2, 0) is 13.8 Å². The van der Waals surface area contributed by atoms with Gasteiger partial charge in [0.15, 0.2) is 17.4 Å². The van der Waals surface area contributed by atoms with Crippen molar-refractivity contribution in [3.63, 3.8) is 0 Å². The van der Waals surface area contributed by atoms with Gasteiger partial charge in [-0.3, -0.25) is 18.9 Å². The number of H-pyrrole nitrogens is 1. The summed E-state index contributed by atoms with van der Waals surface area (Å²) in [6.07, 6.45) is 7.18. The number of anilines is 1. The second-order valence-corrected chi connectivity index (χ2v) is 8.20. The van der Waals surface area contributed by atoms with Crippen LogP contribution in [0.2, 0.25) is 0 Å². The van der Waals surface area contributed by atoms with Gasteiger partial charge in [0.2, 0.25) is 5.95 Å². The lowest BCUT2D eigenvalue weighted by molar-refractivity contribution is -0.0458. The molecule has 156 valence electrons. The van der Waals surface area contributed by atoms with Gasteiger partial charge in [-0.15, -0.1) is 11.3 Å². The van der Waals surface area contributed by atoms with Gasteiger partial charge in [-0.05, 0) is 0 Å². The largest absolute Gasteiger partial charge is 0.456 e. The second-order valence-electron chi connectivity index (χ2n) is 6.33. The normalized spacial score (nSPS) is 25.7. The van der Waals surface area contributed by atoms with Crippen molar-refractivity contribution in [2.24, 2.45) is 10.9 Å². The van der Waals surface area contributed by atoms with Gasteiger partial charge < -0.3 is 15.6 Å². The number of ether oxygens (including phenoxy) is 1. The average molecular weight is 434 g/mol. The molecule has 14 nitrogen and oxygen atoms in total. The quantitative estimate of drug-likeness (QED) is 0.267. The van der Waals surface area contributed by atoms with Crippen molar-refractivity contribution in [3.8, 4) is 12.3 Å². The summed E-state index contributed by atoms with van der Waals surface area (Å²) in [7, 11) is -4.15. The molecular weight excluding hydrogens is 419 g/mol. The molecule has 4 rings (SSSR count). The zero-order valence-corrected chi connectivity index (χ0v) is 16.0. The number of imidazole rings is 2. The molecule has 0 amide bonds. The number of fused-ring (bicyclic) bond motifs is 1. The van der Waals surface area contributed by atoms with Gasteiger partial charge in [-0.1, -0.05) is 5.92 Å². The molecule has 0 aliphatic carbocycles. The molecule has 4 heterocycles. The Morgan fingerprint density at radius 1 is 1.50 bits per heavy atom. The second kappa shape index (κ2) is 7.47. The average Bonchev–Trinajstić information content (AvgIpc) is 3.45. The summed E-state index contributed by atoms with van der Waals surface area (Å²) in [5, 5.41) is 10.7. The molecule has 0 radical (unpaired) electrons. The maximum Gasteiger partial charge on any atom is 0.456 e. The van der Waals surface area contributed by atoms with E-state index in [1.54, 1.807) is 0 Å². The van der Waals surface area contributed by atoms with E-state index in [2.05, 4.69) is 30.8 Å². The lowest BCUT2D eigenvalue weighted by atomic mass is 9.99. The van der Waals surface area contributed by atoms with Crippen molar-refractivity contribution >= 4 is 24.8 Å². The van der Waals surface area contributed by atoms with Gasteiger partial charge in [0.25, 0.3) is 5.56 Å². The predicted octanol–water partition coefficient (Wildman–Crippen LogP) is -0.155. The van der Waals surface area contributed by atoms with Crippen LogP contribution in [0.5, 0.6) is 0 Å². The van der Waals surface area contributed by atoms with E-state index in [1.807, 2.05) is 0 Å². The Kier molecular flexibility index (Phi) is 4.96. The number of aliphatic hydroxyl groups excluding tert-OH is 1. The van der Waals surface area contributed by atoms with Crippen LogP contribution in [0.3, 0.4) is 0 Å². The van der Waals surface area contributed by atoms with E-state index < -0.39 is 44.2 Å². The van der Waals surface area contributed by atoms with E-state index in [0.717, 1.165) is 10.7 Å². The number of hydrogen-bond donors (Lipinski definition) is 3. The van der Waals surface area contributed by atoms with Gasteiger partial charge in [0.1, 0.15) is 18.5 Å². The molecule has 30 heavy (non-hydrogen) atoms. The summed E-state index contributed by atoms with van der Waals surface area (Å²) in [5.41, 5.74) is 5.09. The zero-order chi connectivity index (χ0) is 21.5. The maximum atomic E-state index is 12.6. The van der Waals surface area contributed by atoms with Crippen LogP contribution in [0.15, 0.2) is 34.8 Å². The standard InChI is InChI=1S/C15H15N8O6P/c1-2-8-9(5-28-30(27,21-26)22-4-3-17-6-22)29-14(11(8)24)23-7-18-10-12(23)19-15(16)20-13(10)25/h1,3-4,6-9,11,14,24H,5H2,(H3,16,19,20,25)/t8-,9-,11-,14-,30?/m1/s1. The van der Waals surface area contributed by atoms with Crippen LogP contribution in [-0.4, -0.2) is 52.8 Å². The van der Waals surface area contributed by atoms with Crippen LogP contribution in [0, 0.1) is 23.2 Å². The molecule has 15 heteroatoms. The van der Waals surface area contributed by atoms with Gasteiger partial charge in [-0.2, -0.15) is 4.98 Å². The molecule has 4 N–H and O–H groups in total. The third-order valence-corrected chi connectivity index (χ3v) is 6.10. The molecule has 3 aromatic rings. The maximum absolute atomic E-state index is 12.6. The van der Waals surface area contributed by atoms with Crippen LogP contribution in [0.1, 0.15) is 6.23 Å². The predicted molar refractivity (Wildman–Crippen MR) is 102 cm³/mol. The Morgan fingerprint density at radius 2 is 2.30 bits per heavy atom. The number of nitroso groups, excluding NO2 is 1. The molecule has 3 aromatic heterocycles. The van der Waals surface area contributed by atoms with E-state index in [9.17, 15) is 19.4 Å². The van der Waals surface area contributed by atoms with E-state index >= 15 is 0 Å². The number of nitrogens with one attached hydrogen (secondary N) is 1. The highest BCUT2D eigenvalue weighted by Gasteiger charge is 2.45. The number of aliphatic hydroxyl groups is 1. The summed E-state index contributed by atoms with van der Waals surface area (Å²) in [4.78, 5) is 39.7. The first kappa shape index (κ1) is 19.9. The number of aromatic amines is 1. The Labute approximate surface area is 167 Å². The summed E-state index contributed by atoms with van der Waals surface area (Å²) < 4.78 is 25.9. The summed E-state index contributed by atoms with van der Waals surface area (Å²) >= 11 is 0. The van der Waals surface area contributed by atoms with Crippen LogP contribution >= 0.6 is 7.67 Å². The first-order valence-electron chi connectivity index (χ1n) is 8.48. The molecule has 1 fully saturated rings. The Morgan fingerprint density at radius 3 is 2.97 bits per heavy atom. The van der Waals surface area contributed by atoms with Crippen LogP contribution in [0.25, 0.3) is 11.2 Å². The van der Waals surface area contributed by atoms with E-state index in [1.165, 1.54) is 23.3 Å². The van der Waals surface area contributed by atoms with E-state index in [0.29, 0.717) is 0 Å². The molecule has 1 aliphatic rings. The molecule has 0 saturated carbocycles. The summed E-state index contributed by atoms with van der Waals surface area (Å²) in [6.45, 7) is -0.410. The van der Waals surface area contributed by atoms with Crippen molar-refractivity contribution in [1.29, 1.82) is 0 Å². The minimum absolute atomic E-state index is 0.00767. The van der Waals surface area contributed by atoms with Crippen molar-refractivity contribution in [2.75, 3.05) is 12.3 Å². The summed E-state index contributed by atoms with van der Waals surface area (Å²) in [6, 6.07) is 0.